The summed E-state index contributed by atoms with van der Waals surface area (Å²) in [4.78, 5) is 22.1. The first kappa shape index (κ1) is 20.4. The van der Waals surface area contributed by atoms with Crippen LogP contribution in [-0.4, -0.2) is 50.1 Å². The average Bonchev–Trinajstić information content (AvgIpc) is 3.37. The summed E-state index contributed by atoms with van der Waals surface area (Å²) in [5, 5.41) is 1.52. The molecule has 0 aliphatic rings. The van der Waals surface area contributed by atoms with Crippen LogP contribution in [0.1, 0.15) is 23.0 Å². The number of carbonyl (C=O) groups excluding carboxylic acids is 1. The molecule has 0 spiro atoms. The van der Waals surface area contributed by atoms with Gasteiger partial charge in [-0.15, -0.1) is 0 Å². The van der Waals surface area contributed by atoms with E-state index >= 15 is 0 Å². The maximum atomic E-state index is 13.5. The van der Waals surface area contributed by atoms with E-state index in [2.05, 4.69) is 19.1 Å². The number of hydrogen-bond donors (Lipinski definition) is 0. The number of nitrogens with zero attached hydrogens (tertiary/aromatic N) is 3. The third-order valence-corrected chi connectivity index (χ3v) is 6.10. The molecule has 7 heteroatoms. The lowest BCUT2D eigenvalue weighted by atomic mass is 10.1. The van der Waals surface area contributed by atoms with Crippen LogP contribution in [0.3, 0.4) is 0 Å². The fourth-order valence-electron chi connectivity index (χ4n) is 3.41. The van der Waals surface area contributed by atoms with Crippen LogP contribution in [0, 0.1) is 0 Å². The minimum Gasteiger partial charge on any atom is -0.493 e. The van der Waals surface area contributed by atoms with E-state index in [1.807, 2.05) is 43.3 Å². The highest BCUT2D eigenvalue weighted by Gasteiger charge is 2.25. The second-order valence-corrected chi connectivity index (χ2v) is 8.37. The van der Waals surface area contributed by atoms with E-state index < -0.39 is 0 Å². The standard InChI is InChI=1S/C23H25N3O3S/c1-5-15-8-7-11-19-20(15)24-23(30-19)26(13-12-25(2)3)22(27)18-14-16-9-6-10-17(28-4)21(16)29-18/h6-11,14H,5,12-13H2,1-4H3. The normalized spacial score (nSPS) is 11.5. The van der Waals surface area contributed by atoms with Gasteiger partial charge in [0.15, 0.2) is 22.2 Å². The maximum Gasteiger partial charge on any atom is 0.295 e. The van der Waals surface area contributed by atoms with Crippen LogP contribution in [0.25, 0.3) is 21.2 Å². The Balaban J connectivity index is 1.76. The van der Waals surface area contributed by atoms with Crippen LogP contribution in [0.15, 0.2) is 46.9 Å². The second-order valence-electron chi connectivity index (χ2n) is 7.36. The Hall–Kier alpha value is -2.90. The fourth-order valence-corrected chi connectivity index (χ4v) is 4.45. The fraction of sp³-hybridized carbons (Fsp3) is 0.304. The summed E-state index contributed by atoms with van der Waals surface area (Å²) in [5.41, 5.74) is 2.73. The number of ether oxygens (including phenoxy) is 1. The first-order valence-corrected chi connectivity index (χ1v) is 10.7. The Morgan fingerprint density at radius 1 is 1.17 bits per heavy atom. The Morgan fingerprint density at radius 2 is 1.97 bits per heavy atom. The van der Waals surface area contributed by atoms with Gasteiger partial charge in [-0.3, -0.25) is 9.69 Å². The van der Waals surface area contributed by atoms with Crippen molar-refractivity contribution >= 4 is 43.6 Å². The van der Waals surface area contributed by atoms with Gasteiger partial charge in [0.2, 0.25) is 0 Å². The summed E-state index contributed by atoms with van der Waals surface area (Å²) in [6, 6.07) is 13.6. The number of furan rings is 1. The topological polar surface area (TPSA) is 58.8 Å². The number of likely N-dealkylation sites (N-methyl/N-ethyl adjacent to an activating group) is 1. The van der Waals surface area contributed by atoms with Crippen LogP contribution in [0.4, 0.5) is 5.13 Å². The number of aromatic nitrogens is 1. The third kappa shape index (κ3) is 3.78. The van der Waals surface area contributed by atoms with Crippen molar-refractivity contribution in [1.82, 2.24) is 9.88 Å². The van der Waals surface area contributed by atoms with E-state index in [0.29, 0.717) is 29.6 Å². The quantitative estimate of drug-likeness (QED) is 0.426. The zero-order valence-corrected chi connectivity index (χ0v) is 18.5. The summed E-state index contributed by atoms with van der Waals surface area (Å²) >= 11 is 1.53. The van der Waals surface area contributed by atoms with Crippen molar-refractivity contribution in [3.8, 4) is 5.75 Å². The van der Waals surface area contributed by atoms with E-state index in [-0.39, 0.29) is 11.7 Å². The number of aryl methyl sites for hydroxylation is 1. The number of carbonyl (C=O) groups is 1. The van der Waals surface area contributed by atoms with E-state index in [1.54, 1.807) is 18.1 Å². The van der Waals surface area contributed by atoms with Crippen molar-refractivity contribution in [2.45, 2.75) is 13.3 Å². The number of hydrogen-bond acceptors (Lipinski definition) is 6. The first-order valence-electron chi connectivity index (χ1n) is 9.93. The predicted molar refractivity (Wildman–Crippen MR) is 122 cm³/mol. The molecule has 156 valence electrons. The van der Waals surface area contributed by atoms with Gasteiger partial charge in [-0.25, -0.2) is 4.98 Å². The number of rotatable bonds is 7. The second kappa shape index (κ2) is 8.45. The van der Waals surface area contributed by atoms with Gasteiger partial charge in [0.25, 0.3) is 5.91 Å². The van der Waals surface area contributed by atoms with Crippen LogP contribution in [0.2, 0.25) is 0 Å². The number of thiazole rings is 1. The van der Waals surface area contributed by atoms with Crippen LogP contribution >= 0.6 is 11.3 Å². The first-order chi connectivity index (χ1) is 14.5. The molecule has 0 unspecified atom stereocenters. The smallest absolute Gasteiger partial charge is 0.295 e. The molecular formula is C23H25N3O3S. The Labute approximate surface area is 179 Å². The Morgan fingerprint density at radius 3 is 2.70 bits per heavy atom. The highest BCUT2D eigenvalue weighted by Crippen LogP contribution is 2.33. The number of amides is 1. The SMILES string of the molecule is CCc1cccc2sc(N(CCN(C)C)C(=O)c3cc4cccc(OC)c4o3)nc12. The summed E-state index contributed by atoms with van der Waals surface area (Å²) in [6.07, 6.45) is 0.898. The van der Waals surface area contributed by atoms with Crippen molar-refractivity contribution in [2.75, 3.05) is 39.2 Å². The predicted octanol–water partition coefficient (Wildman–Crippen LogP) is 4.82. The molecule has 0 saturated heterocycles. The lowest BCUT2D eigenvalue weighted by Crippen LogP contribution is -2.36. The van der Waals surface area contributed by atoms with Gasteiger partial charge in [0.05, 0.1) is 17.3 Å². The summed E-state index contributed by atoms with van der Waals surface area (Å²) in [6.45, 7) is 3.34. The molecule has 0 fully saturated rings. The van der Waals surface area contributed by atoms with Crippen LogP contribution < -0.4 is 9.64 Å². The number of benzene rings is 2. The molecule has 30 heavy (non-hydrogen) atoms. The lowest BCUT2D eigenvalue weighted by Gasteiger charge is -2.20. The van der Waals surface area contributed by atoms with Gasteiger partial charge in [-0.2, -0.15) is 0 Å². The minimum atomic E-state index is -0.202. The van der Waals surface area contributed by atoms with E-state index in [1.165, 1.54) is 16.9 Å². The minimum absolute atomic E-state index is 0.202. The summed E-state index contributed by atoms with van der Waals surface area (Å²) < 4.78 is 12.4. The molecule has 0 bridgehead atoms. The zero-order chi connectivity index (χ0) is 21.3. The van der Waals surface area contributed by atoms with Crippen molar-refractivity contribution in [1.29, 1.82) is 0 Å². The highest BCUT2D eigenvalue weighted by molar-refractivity contribution is 7.22. The molecule has 2 heterocycles. The number of para-hydroxylation sites is 2. The van der Waals surface area contributed by atoms with Crippen molar-refractivity contribution in [3.05, 3.63) is 53.8 Å². The van der Waals surface area contributed by atoms with Gasteiger partial charge < -0.3 is 14.1 Å². The molecule has 0 N–H and O–H groups in total. The molecule has 0 atom stereocenters. The van der Waals surface area contributed by atoms with Crippen molar-refractivity contribution < 1.29 is 13.9 Å². The molecular weight excluding hydrogens is 398 g/mol. The van der Waals surface area contributed by atoms with Gasteiger partial charge in [-0.1, -0.05) is 42.5 Å². The van der Waals surface area contributed by atoms with Crippen molar-refractivity contribution in [2.24, 2.45) is 0 Å². The molecule has 0 aliphatic carbocycles. The molecule has 0 saturated carbocycles. The van der Waals surface area contributed by atoms with Crippen molar-refractivity contribution in [3.63, 3.8) is 0 Å². The van der Waals surface area contributed by atoms with Gasteiger partial charge >= 0.3 is 0 Å². The number of fused-ring (bicyclic) bond motifs is 2. The molecule has 6 nitrogen and oxygen atoms in total. The summed E-state index contributed by atoms with van der Waals surface area (Å²) in [5.74, 6) is 0.689. The zero-order valence-electron chi connectivity index (χ0n) is 17.6. The Kier molecular flexibility index (Phi) is 5.74. The molecule has 2 aromatic carbocycles. The third-order valence-electron chi connectivity index (χ3n) is 5.06. The lowest BCUT2D eigenvalue weighted by molar-refractivity contribution is 0.0960. The van der Waals surface area contributed by atoms with E-state index in [9.17, 15) is 4.79 Å². The molecule has 0 aliphatic heterocycles. The highest BCUT2D eigenvalue weighted by atomic mass is 32.1. The molecule has 4 aromatic rings. The average molecular weight is 424 g/mol. The maximum absolute atomic E-state index is 13.5. The van der Waals surface area contributed by atoms with Gasteiger partial charge in [-0.05, 0) is 44.3 Å². The largest absolute Gasteiger partial charge is 0.493 e. The summed E-state index contributed by atoms with van der Waals surface area (Å²) in [7, 11) is 5.57. The molecule has 0 radical (unpaired) electrons. The van der Waals surface area contributed by atoms with E-state index in [4.69, 9.17) is 14.1 Å². The van der Waals surface area contributed by atoms with Gasteiger partial charge in [0.1, 0.15) is 0 Å². The monoisotopic (exact) mass is 423 g/mol. The molecule has 2 aromatic heterocycles. The number of anilines is 1. The molecule has 1 amide bonds. The molecule has 4 rings (SSSR count). The van der Waals surface area contributed by atoms with E-state index in [0.717, 1.165) is 22.0 Å². The van der Waals surface area contributed by atoms with Crippen LogP contribution in [0.5, 0.6) is 5.75 Å². The van der Waals surface area contributed by atoms with Gasteiger partial charge in [0, 0.05) is 18.5 Å². The Bertz CT molecular complexity index is 1200. The van der Waals surface area contributed by atoms with Crippen LogP contribution in [-0.2, 0) is 6.42 Å². The number of methoxy groups -OCH3 is 1.